The smallest absolute Gasteiger partial charge is 0.328 e. The Labute approximate surface area is 202 Å². The Bertz CT molecular complexity index is 1410. The fourth-order valence-corrected chi connectivity index (χ4v) is 5.08. The Kier molecular flexibility index (Phi) is 7.15. The summed E-state index contributed by atoms with van der Waals surface area (Å²) < 4.78 is 28.4. The van der Waals surface area contributed by atoms with Gasteiger partial charge in [0, 0.05) is 11.7 Å². The van der Waals surface area contributed by atoms with Crippen LogP contribution in [0.5, 0.6) is 0 Å². The van der Waals surface area contributed by atoms with Gasteiger partial charge in [-0.15, -0.1) is 0 Å². The molecule has 1 aliphatic carbocycles. The molecule has 0 bridgehead atoms. The molecule has 1 heterocycles. The average molecular weight is 498 g/mol. The van der Waals surface area contributed by atoms with Crippen LogP contribution in [-0.2, 0) is 21.4 Å². The Hall–Kier alpha value is -3.73. The first kappa shape index (κ1) is 24.4. The van der Waals surface area contributed by atoms with Gasteiger partial charge in [-0.2, -0.15) is 0 Å². The summed E-state index contributed by atoms with van der Waals surface area (Å²) >= 11 is 0. The number of hydrogen-bond acceptors (Lipinski definition) is 6. The van der Waals surface area contributed by atoms with Crippen LogP contribution in [0.25, 0.3) is 10.9 Å². The van der Waals surface area contributed by atoms with Gasteiger partial charge in [-0.3, -0.25) is 14.2 Å². The third-order valence-corrected chi connectivity index (χ3v) is 7.32. The third-order valence-electron chi connectivity index (χ3n) is 5.97. The molecule has 0 radical (unpaired) electrons. The molecule has 1 saturated carbocycles. The highest BCUT2D eigenvalue weighted by Crippen LogP contribution is 2.18. The van der Waals surface area contributed by atoms with Gasteiger partial charge in [0.05, 0.1) is 15.8 Å². The Balaban J connectivity index is 1.39. The number of hydrogen-bond donors (Lipinski definition) is 3. The van der Waals surface area contributed by atoms with E-state index >= 15 is 0 Å². The van der Waals surface area contributed by atoms with E-state index < -0.39 is 22.0 Å². The van der Waals surface area contributed by atoms with E-state index in [1.54, 1.807) is 31.2 Å². The standard InChI is InChI=1S/C24H27N5O5S/c1-16-25-21-10-6-5-9-20(21)23(31)29(16)15-22(30)26-18-11-13-19(14-12-18)35(33,34)28-24(32)27-17-7-3-2-4-8-17/h5-6,9-14,17H,2-4,7-8,15H2,1H3,(H,26,30)(H2,27,28,32). The summed E-state index contributed by atoms with van der Waals surface area (Å²) in [5.41, 5.74) is 0.590. The molecule has 1 fully saturated rings. The lowest BCUT2D eigenvalue weighted by Crippen LogP contribution is -2.45. The van der Waals surface area contributed by atoms with Crippen molar-refractivity contribution < 1.29 is 18.0 Å². The monoisotopic (exact) mass is 497 g/mol. The molecule has 0 aliphatic heterocycles. The molecule has 0 atom stereocenters. The first-order chi connectivity index (χ1) is 16.7. The van der Waals surface area contributed by atoms with Crippen molar-refractivity contribution in [2.24, 2.45) is 0 Å². The van der Waals surface area contributed by atoms with Crippen LogP contribution in [0.15, 0.2) is 58.2 Å². The number of nitrogens with zero attached hydrogens (tertiary/aromatic N) is 2. The van der Waals surface area contributed by atoms with E-state index in [4.69, 9.17) is 0 Å². The molecule has 11 heteroatoms. The van der Waals surface area contributed by atoms with Crippen LogP contribution in [0.1, 0.15) is 37.9 Å². The van der Waals surface area contributed by atoms with E-state index in [1.165, 1.54) is 28.8 Å². The van der Waals surface area contributed by atoms with Crippen molar-refractivity contribution >= 4 is 38.6 Å². The maximum atomic E-state index is 12.7. The molecule has 0 unspecified atom stereocenters. The van der Waals surface area contributed by atoms with Crippen molar-refractivity contribution in [2.45, 2.75) is 56.5 Å². The molecular formula is C24H27N5O5S. The highest BCUT2D eigenvalue weighted by Gasteiger charge is 2.21. The summed E-state index contributed by atoms with van der Waals surface area (Å²) in [5, 5.41) is 5.77. The number of amides is 3. The molecule has 3 N–H and O–H groups in total. The van der Waals surface area contributed by atoms with Gasteiger partial charge in [0.1, 0.15) is 12.4 Å². The molecule has 4 rings (SSSR count). The van der Waals surface area contributed by atoms with E-state index in [1.807, 2.05) is 4.72 Å². The number of aryl methyl sites for hydroxylation is 1. The van der Waals surface area contributed by atoms with Crippen molar-refractivity contribution in [3.63, 3.8) is 0 Å². The fourth-order valence-electron chi connectivity index (χ4n) is 4.17. The predicted octanol–water partition coefficient (Wildman–Crippen LogP) is 2.66. The molecule has 0 saturated heterocycles. The minimum Gasteiger partial charge on any atom is -0.335 e. The van der Waals surface area contributed by atoms with Crippen LogP contribution in [-0.4, -0.2) is 35.9 Å². The van der Waals surface area contributed by atoms with Crippen LogP contribution in [0.2, 0.25) is 0 Å². The van der Waals surface area contributed by atoms with Crippen LogP contribution in [0.4, 0.5) is 10.5 Å². The number of urea groups is 1. The normalized spacial score (nSPS) is 14.4. The van der Waals surface area contributed by atoms with Crippen molar-refractivity contribution in [1.82, 2.24) is 19.6 Å². The lowest BCUT2D eigenvalue weighted by Gasteiger charge is -2.22. The minimum absolute atomic E-state index is 0.0227. The SMILES string of the molecule is Cc1nc2ccccc2c(=O)n1CC(=O)Nc1ccc(S(=O)(=O)NC(=O)NC2CCCCC2)cc1. The van der Waals surface area contributed by atoms with Gasteiger partial charge in [-0.1, -0.05) is 31.4 Å². The molecule has 3 amide bonds. The number of carbonyl (C=O) groups is 2. The van der Waals surface area contributed by atoms with Gasteiger partial charge in [0.2, 0.25) is 5.91 Å². The maximum Gasteiger partial charge on any atom is 0.328 e. The molecule has 184 valence electrons. The first-order valence-corrected chi connectivity index (χ1v) is 12.9. The van der Waals surface area contributed by atoms with Crippen molar-refractivity contribution in [2.75, 3.05) is 5.32 Å². The van der Waals surface area contributed by atoms with Crippen LogP contribution < -0.4 is 20.9 Å². The van der Waals surface area contributed by atoms with E-state index in [9.17, 15) is 22.8 Å². The number of benzene rings is 2. The molecular weight excluding hydrogens is 470 g/mol. The highest BCUT2D eigenvalue weighted by atomic mass is 32.2. The van der Waals surface area contributed by atoms with E-state index in [0.717, 1.165) is 32.1 Å². The fraction of sp³-hybridized carbons (Fsp3) is 0.333. The molecule has 35 heavy (non-hydrogen) atoms. The van der Waals surface area contributed by atoms with E-state index in [2.05, 4.69) is 15.6 Å². The largest absolute Gasteiger partial charge is 0.335 e. The molecule has 1 aliphatic rings. The summed E-state index contributed by atoms with van der Waals surface area (Å²) in [6, 6.07) is 11.5. The Morgan fingerprint density at radius 2 is 1.71 bits per heavy atom. The second-order valence-electron chi connectivity index (χ2n) is 8.55. The summed E-state index contributed by atoms with van der Waals surface area (Å²) in [4.78, 5) is 41.7. The lowest BCUT2D eigenvalue weighted by atomic mass is 9.96. The Morgan fingerprint density at radius 3 is 2.43 bits per heavy atom. The second kappa shape index (κ2) is 10.3. The number of carbonyl (C=O) groups excluding carboxylic acids is 2. The van der Waals surface area contributed by atoms with Gasteiger partial charge >= 0.3 is 6.03 Å². The zero-order valence-electron chi connectivity index (χ0n) is 19.3. The number of aromatic nitrogens is 2. The zero-order chi connectivity index (χ0) is 25.0. The summed E-state index contributed by atoms with van der Waals surface area (Å²) in [6.45, 7) is 1.41. The van der Waals surface area contributed by atoms with Gasteiger partial charge in [0.15, 0.2) is 0 Å². The summed E-state index contributed by atoms with van der Waals surface area (Å²) in [7, 11) is -4.06. The van der Waals surface area contributed by atoms with Gasteiger partial charge in [0.25, 0.3) is 15.6 Å². The lowest BCUT2D eigenvalue weighted by molar-refractivity contribution is -0.116. The molecule has 3 aromatic rings. The average Bonchev–Trinajstić information content (AvgIpc) is 2.82. The number of sulfonamides is 1. The maximum absolute atomic E-state index is 12.7. The Morgan fingerprint density at radius 1 is 1.03 bits per heavy atom. The number of anilines is 1. The zero-order valence-corrected chi connectivity index (χ0v) is 20.1. The molecule has 1 aromatic heterocycles. The second-order valence-corrected chi connectivity index (χ2v) is 10.2. The molecule has 0 spiro atoms. The van der Waals surface area contributed by atoms with Crippen molar-refractivity contribution in [3.05, 3.63) is 64.7 Å². The van der Waals surface area contributed by atoms with Gasteiger partial charge in [-0.05, 0) is 56.2 Å². The number of rotatable bonds is 6. The highest BCUT2D eigenvalue weighted by molar-refractivity contribution is 7.90. The van der Waals surface area contributed by atoms with E-state index in [0.29, 0.717) is 22.4 Å². The van der Waals surface area contributed by atoms with Crippen LogP contribution in [0.3, 0.4) is 0 Å². The topological polar surface area (TPSA) is 139 Å². The first-order valence-electron chi connectivity index (χ1n) is 11.4. The van der Waals surface area contributed by atoms with Crippen LogP contribution >= 0.6 is 0 Å². The quantitative estimate of drug-likeness (QED) is 0.478. The van der Waals surface area contributed by atoms with E-state index in [-0.39, 0.29) is 23.0 Å². The van der Waals surface area contributed by atoms with Gasteiger partial charge < -0.3 is 10.6 Å². The number of nitrogens with one attached hydrogen (secondary N) is 3. The minimum atomic E-state index is -4.06. The number of fused-ring (bicyclic) bond motifs is 1. The summed E-state index contributed by atoms with van der Waals surface area (Å²) in [5.74, 6) is -0.0595. The number of para-hydroxylation sites is 1. The predicted molar refractivity (Wildman–Crippen MR) is 132 cm³/mol. The summed E-state index contributed by atoms with van der Waals surface area (Å²) in [6.07, 6.45) is 4.81. The molecule has 10 nitrogen and oxygen atoms in total. The van der Waals surface area contributed by atoms with Crippen molar-refractivity contribution in [3.8, 4) is 0 Å². The van der Waals surface area contributed by atoms with Gasteiger partial charge in [-0.25, -0.2) is 22.9 Å². The molecule has 2 aromatic carbocycles. The van der Waals surface area contributed by atoms with Crippen molar-refractivity contribution in [1.29, 1.82) is 0 Å². The third kappa shape index (κ3) is 5.86. The van der Waals surface area contributed by atoms with Crippen LogP contribution in [0, 0.1) is 6.92 Å².